The third-order valence-electron chi connectivity index (χ3n) is 3.82. The molecule has 0 saturated carbocycles. The molecule has 2 aromatic heterocycles. The third kappa shape index (κ3) is 4.83. The SMILES string of the molecule is CCS(=O)(=O)c1cc(C(F)(F)F)cnc1C(=O)N(C)c1ccc(C(F)(F)F)cn1. The van der Waals surface area contributed by atoms with Gasteiger partial charge in [0.05, 0.1) is 21.8 Å². The molecule has 0 N–H and O–H groups in total. The molecule has 0 aromatic carbocycles. The number of aromatic nitrogens is 2. The standard InChI is InChI=1S/C16H13F6N3O3S/c1-3-29(27,28)11-6-10(16(20,21)22)8-24-13(11)14(26)25(2)12-5-4-9(7-23-12)15(17,18)19/h4-8H,3H2,1-2H3. The zero-order valence-corrected chi connectivity index (χ0v) is 15.7. The molecule has 6 nitrogen and oxygen atoms in total. The number of carbonyl (C=O) groups excluding carboxylic acids is 1. The largest absolute Gasteiger partial charge is 0.417 e. The Morgan fingerprint density at radius 3 is 2.00 bits per heavy atom. The first-order valence-electron chi connectivity index (χ1n) is 7.79. The number of alkyl halides is 6. The third-order valence-corrected chi connectivity index (χ3v) is 5.56. The van der Waals surface area contributed by atoms with Crippen LogP contribution in [0.4, 0.5) is 32.2 Å². The van der Waals surface area contributed by atoms with E-state index in [0.717, 1.165) is 13.1 Å². The molecule has 0 saturated heterocycles. The molecule has 2 rings (SSSR count). The summed E-state index contributed by atoms with van der Waals surface area (Å²) in [5, 5.41) is 0. The van der Waals surface area contributed by atoms with Gasteiger partial charge in [-0.1, -0.05) is 6.92 Å². The van der Waals surface area contributed by atoms with E-state index in [1.54, 1.807) is 0 Å². The van der Waals surface area contributed by atoms with Crippen LogP contribution in [0.3, 0.4) is 0 Å². The Bertz CT molecular complexity index is 1020. The Balaban J connectivity index is 2.51. The highest BCUT2D eigenvalue weighted by atomic mass is 32.2. The lowest BCUT2D eigenvalue weighted by Crippen LogP contribution is -2.30. The van der Waals surface area contributed by atoms with Crippen LogP contribution in [-0.4, -0.2) is 37.1 Å². The molecule has 0 aliphatic rings. The van der Waals surface area contributed by atoms with Crippen LogP contribution in [-0.2, 0) is 22.2 Å². The van der Waals surface area contributed by atoms with Crippen molar-refractivity contribution in [3.8, 4) is 0 Å². The summed E-state index contributed by atoms with van der Waals surface area (Å²) in [7, 11) is -3.21. The minimum atomic E-state index is -4.90. The summed E-state index contributed by atoms with van der Waals surface area (Å²) in [6.45, 7) is 1.17. The number of pyridine rings is 2. The Morgan fingerprint density at radius 2 is 1.55 bits per heavy atom. The van der Waals surface area contributed by atoms with Gasteiger partial charge in [0.25, 0.3) is 5.91 Å². The van der Waals surface area contributed by atoms with Crippen molar-refractivity contribution in [1.29, 1.82) is 0 Å². The molecule has 2 heterocycles. The topological polar surface area (TPSA) is 80.2 Å². The Labute approximate surface area is 161 Å². The smallest absolute Gasteiger partial charge is 0.294 e. The van der Waals surface area contributed by atoms with Crippen LogP contribution in [0.2, 0.25) is 0 Å². The van der Waals surface area contributed by atoms with Crippen LogP contribution in [0.1, 0.15) is 28.5 Å². The van der Waals surface area contributed by atoms with Crippen molar-refractivity contribution < 1.29 is 39.6 Å². The molecule has 29 heavy (non-hydrogen) atoms. The summed E-state index contributed by atoms with van der Waals surface area (Å²) in [5.41, 5.74) is -3.25. The van der Waals surface area contributed by atoms with Crippen molar-refractivity contribution in [3.63, 3.8) is 0 Å². The van der Waals surface area contributed by atoms with Crippen LogP contribution in [0.5, 0.6) is 0 Å². The van der Waals surface area contributed by atoms with E-state index in [-0.39, 0.29) is 5.82 Å². The van der Waals surface area contributed by atoms with Gasteiger partial charge in [0.1, 0.15) is 11.5 Å². The molecule has 1 amide bonds. The highest BCUT2D eigenvalue weighted by molar-refractivity contribution is 7.91. The van der Waals surface area contributed by atoms with Crippen LogP contribution < -0.4 is 4.90 Å². The second kappa shape index (κ2) is 7.61. The summed E-state index contributed by atoms with van der Waals surface area (Å²) in [6.07, 6.45) is -8.79. The molecule has 0 radical (unpaired) electrons. The average molecular weight is 441 g/mol. The van der Waals surface area contributed by atoms with Gasteiger partial charge in [0.15, 0.2) is 9.84 Å². The van der Waals surface area contributed by atoms with Gasteiger partial charge in [-0.2, -0.15) is 26.3 Å². The summed E-state index contributed by atoms with van der Waals surface area (Å²) >= 11 is 0. The fourth-order valence-electron chi connectivity index (χ4n) is 2.17. The predicted octanol–water partition coefficient (Wildman–Crippen LogP) is 3.58. The van der Waals surface area contributed by atoms with Gasteiger partial charge >= 0.3 is 12.4 Å². The second-order valence-corrected chi connectivity index (χ2v) is 7.99. The maximum Gasteiger partial charge on any atom is 0.417 e. The van der Waals surface area contributed by atoms with Gasteiger partial charge in [-0.05, 0) is 18.2 Å². The number of hydrogen-bond donors (Lipinski definition) is 0. The van der Waals surface area contributed by atoms with Crippen molar-refractivity contribution in [2.75, 3.05) is 17.7 Å². The van der Waals surface area contributed by atoms with Gasteiger partial charge in [-0.3, -0.25) is 9.69 Å². The van der Waals surface area contributed by atoms with E-state index in [9.17, 15) is 39.6 Å². The fraction of sp³-hybridized carbons (Fsp3) is 0.312. The number of nitrogens with zero attached hydrogens (tertiary/aromatic N) is 3. The monoisotopic (exact) mass is 441 g/mol. The zero-order chi connectivity index (χ0) is 22.2. The van der Waals surface area contributed by atoms with Crippen molar-refractivity contribution in [1.82, 2.24) is 9.97 Å². The summed E-state index contributed by atoms with van der Waals surface area (Å²) in [6, 6.07) is 1.81. The number of anilines is 1. The average Bonchev–Trinajstić information content (AvgIpc) is 2.65. The minimum Gasteiger partial charge on any atom is -0.294 e. The van der Waals surface area contributed by atoms with E-state index in [4.69, 9.17) is 0 Å². The van der Waals surface area contributed by atoms with Crippen LogP contribution in [0.25, 0.3) is 0 Å². The van der Waals surface area contributed by atoms with Gasteiger partial charge in [0, 0.05) is 19.4 Å². The van der Waals surface area contributed by atoms with Crippen molar-refractivity contribution >= 4 is 21.6 Å². The molecule has 0 unspecified atom stereocenters. The minimum absolute atomic E-state index is 0.287. The first-order valence-corrected chi connectivity index (χ1v) is 9.45. The number of sulfone groups is 1. The second-order valence-electron chi connectivity index (χ2n) is 5.74. The fourth-order valence-corrected chi connectivity index (χ4v) is 3.22. The molecule has 0 bridgehead atoms. The first-order chi connectivity index (χ1) is 13.2. The van der Waals surface area contributed by atoms with Crippen LogP contribution >= 0.6 is 0 Å². The van der Waals surface area contributed by atoms with E-state index in [1.807, 2.05) is 0 Å². The molecule has 0 fully saturated rings. The zero-order valence-electron chi connectivity index (χ0n) is 14.8. The lowest BCUT2D eigenvalue weighted by molar-refractivity contribution is -0.138. The Hall–Kier alpha value is -2.70. The molecule has 2 aromatic rings. The molecular weight excluding hydrogens is 428 g/mol. The number of rotatable bonds is 4. The normalized spacial score (nSPS) is 12.7. The summed E-state index contributed by atoms with van der Waals surface area (Å²) in [4.78, 5) is 19.2. The van der Waals surface area contributed by atoms with E-state index in [1.165, 1.54) is 6.92 Å². The van der Waals surface area contributed by atoms with Crippen molar-refractivity contribution in [2.24, 2.45) is 0 Å². The highest BCUT2D eigenvalue weighted by Gasteiger charge is 2.35. The maximum absolute atomic E-state index is 12.9. The Kier molecular flexibility index (Phi) is 5.93. The number of carbonyl (C=O) groups is 1. The van der Waals surface area contributed by atoms with Crippen LogP contribution in [0, 0.1) is 0 Å². The van der Waals surface area contributed by atoms with Gasteiger partial charge in [-0.25, -0.2) is 18.4 Å². The molecule has 158 valence electrons. The van der Waals surface area contributed by atoms with Crippen molar-refractivity contribution in [3.05, 3.63) is 47.4 Å². The number of halogens is 6. The summed E-state index contributed by atoms with van der Waals surface area (Å²) in [5.74, 6) is -2.04. The predicted molar refractivity (Wildman–Crippen MR) is 88.9 cm³/mol. The van der Waals surface area contributed by atoms with Crippen molar-refractivity contribution in [2.45, 2.75) is 24.2 Å². The molecule has 13 heteroatoms. The molecule has 0 spiro atoms. The number of amides is 1. The lowest BCUT2D eigenvalue weighted by Gasteiger charge is -2.19. The van der Waals surface area contributed by atoms with Crippen LogP contribution in [0.15, 0.2) is 35.5 Å². The number of hydrogen-bond acceptors (Lipinski definition) is 5. The van der Waals surface area contributed by atoms with Gasteiger partial charge in [-0.15, -0.1) is 0 Å². The first kappa shape index (κ1) is 22.6. The molecule has 0 aliphatic heterocycles. The molecule has 0 atom stereocenters. The Morgan fingerprint density at radius 1 is 1.00 bits per heavy atom. The molecular formula is C16H13F6N3O3S. The van der Waals surface area contributed by atoms with E-state index < -0.39 is 55.6 Å². The van der Waals surface area contributed by atoms with E-state index in [0.29, 0.717) is 29.4 Å². The van der Waals surface area contributed by atoms with Gasteiger partial charge in [0.2, 0.25) is 0 Å². The lowest BCUT2D eigenvalue weighted by atomic mass is 10.2. The maximum atomic E-state index is 12.9. The van der Waals surface area contributed by atoms with E-state index in [2.05, 4.69) is 9.97 Å². The molecule has 0 aliphatic carbocycles. The van der Waals surface area contributed by atoms with E-state index >= 15 is 0 Å². The summed E-state index contributed by atoms with van der Waals surface area (Å²) < 4.78 is 101. The quantitative estimate of drug-likeness (QED) is 0.678. The highest BCUT2D eigenvalue weighted by Crippen LogP contribution is 2.32. The van der Waals surface area contributed by atoms with Gasteiger partial charge < -0.3 is 0 Å².